The molecule has 0 bridgehead atoms. The van der Waals surface area contributed by atoms with Crippen LogP contribution in [-0.4, -0.2) is 0 Å². The number of anilines is 2. The van der Waals surface area contributed by atoms with Crippen LogP contribution in [0.4, 0.5) is 11.4 Å². The van der Waals surface area contributed by atoms with Gasteiger partial charge in [0.15, 0.2) is 0 Å². The topological polar surface area (TPSA) is 12.0 Å². The first-order valence-electron chi connectivity index (χ1n) is 13.9. The molecule has 1 aromatic heterocycles. The van der Waals surface area contributed by atoms with Crippen LogP contribution in [0.15, 0.2) is 140 Å². The molecule has 190 valence electrons. The van der Waals surface area contributed by atoms with Crippen molar-refractivity contribution in [3.63, 3.8) is 0 Å². The molecule has 0 spiro atoms. The number of rotatable bonds is 4. The zero-order chi connectivity index (χ0) is 26.5. The minimum absolute atomic E-state index is 0.420. The lowest BCUT2D eigenvalue weighted by Crippen LogP contribution is -2.13. The monoisotopic (exact) mass is 529 g/mol. The fraction of sp³-hybridized carbons (Fsp3) is 0.0526. The summed E-state index contributed by atoms with van der Waals surface area (Å²) in [6, 6.07) is 39.8. The molecule has 40 heavy (non-hydrogen) atoms. The highest BCUT2D eigenvalue weighted by Crippen LogP contribution is 2.41. The summed E-state index contributed by atoms with van der Waals surface area (Å²) in [5.41, 5.74) is 9.92. The summed E-state index contributed by atoms with van der Waals surface area (Å²) in [5.74, 6) is 0.873. The number of hydrogen-bond acceptors (Lipinski definition) is 2. The van der Waals surface area contributed by atoms with Crippen LogP contribution in [0.3, 0.4) is 0 Å². The lowest BCUT2D eigenvalue weighted by molar-refractivity contribution is 0.692. The lowest BCUT2D eigenvalue weighted by Gasteiger charge is -2.28. The third-order valence-corrected chi connectivity index (χ3v) is 9.43. The molecule has 0 saturated carbocycles. The first-order chi connectivity index (χ1) is 19.8. The van der Waals surface area contributed by atoms with E-state index in [1.165, 1.54) is 53.6 Å². The van der Waals surface area contributed by atoms with E-state index in [0.29, 0.717) is 11.8 Å². The molecular formula is C38H27NS. The van der Waals surface area contributed by atoms with Gasteiger partial charge in [0.1, 0.15) is 0 Å². The molecule has 2 heteroatoms. The first-order valence-corrected chi connectivity index (χ1v) is 14.7. The van der Waals surface area contributed by atoms with Crippen molar-refractivity contribution in [2.45, 2.75) is 5.92 Å². The quantitative estimate of drug-likeness (QED) is 0.239. The van der Waals surface area contributed by atoms with Crippen molar-refractivity contribution < 1.29 is 0 Å². The molecule has 1 N–H and O–H groups in total. The average Bonchev–Trinajstić information content (AvgIpc) is 3.40. The largest absolute Gasteiger partial charge is 0.356 e. The number of nitrogens with one attached hydrogen (secondary N) is 1. The van der Waals surface area contributed by atoms with Crippen LogP contribution in [-0.2, 0) is 0 Å². The van der Waals surface area contributed by atoms with Crippen LogP contribution in [0.25, 0.3) is 48.5 Å². The van der Waals surface area contributed by atoms with E-state index in [0.717, 1.165) is 11.4 Å². The molecule has 0 aliphatic heterocycles. The van der Waals surface area contributed by atoms with Gasteiger partial charge < -0.3 is 5.32 Å². The van der Waals surface area contributed by atoms with E-state index < -0.39 is 0 Å². The Bertz CT molecular complexity index is 1990. The number of allylic oxidation sites excluding steroid dienone is 5. The third kappa shape index (κ3) is 4.00. The van der Waals surface area contributed by atoms with Crippen molar-refractivity contribution in [3.8, 4) is 22.3 Å². The van der Waals surface area contributed by atoms with Gasteiger partial charge in [-0.05, 0) is 69.8 Å². The second-order valence-corrected chi connectivity index (χ2v) is 11.7. The summed E-state index contributed by atoms with van der Waals surface area (Å²) in [5, 5.41) is 6.30. The highest BCUT2D eigenvalue weighted by atomic mass is 32.1. The van der Waals surface area contributed by atoms with Crippen molar-refractivity contribution in [2.75, 3.05) is 5.32 Å². The van der Waals surface area contributed by atoms with E-state index in [2.05, 4.69) is 151 Å². The fourth-order valence-corrected chi connectivity index (χ4v) is 7.42. The van der Waals surface area contributed by atoms with Gasteiger partial charge in [-0.2, -0.15) is 0 Å². The second kappa shape index (κ2) is 9.51. The highest BCUT2D eigenvalue weighted by molar-refractivity contribution is 7.26. The van der Waals surface area contributed by atoms with E-state index in [-0.39, 0.29) is 0 Å². The van der Waals surface area contributed by atoms with E-state index in [1.807, 2.05) is 11.3 Å². The molecular weight excluding hydrogens is 502 g/mol. The van der Waals surface area contributed by atoms with Gasteiger partial charge in [-0.15, -0.1) is 11.3 Å². The van der Waals surface area contributed by atoms with Crippen molar-refractivity contribution in [3.05, 3.63) is 151 Å². The second-order valence-electron chi connectivity index (χ2n) is 10.6. The molecule has 0 amide bonds. The van der Waals surface area contributed by atoms with E-state index in [1.54, 1.807) is 0 Å². The maximum absolute atomic E-state index is 3.63. The highest BCUT2D eigenvalue weighted by Gasteiger charge is 2.24. The summed E-state index contributed by atoms with van der Waals surface area (Å²) in [7, 11) is 0. The zero-order valence-electron chi connectivity index (χ0n) is 21.9. The van der Waals surface area contributed by atoms with Gasteiger partial charge in [0.05, 0.1) is 0 Å². The lowest BCUT2D eigenvalue weighted by atomic mass is 9.76. The predicted molar refractivity (Wildman–Crippen MR) is 173 cm³/mol. The maximum atomic E-state index is 3.63. The van der Waals surface area contributed by atoms with Crippen molar-refractivity contribution in [1.82, 2.24) is 0 Å². The number of benzene rings is 5. The smallest absolute Gasteiger partial charge is 0.0433 e. The van der Waals surface area contributed by atoms with E-state index in [9.17, 15) is 0 Å². The molecule has 2 atom stereocenters. The molecule has 2 unspecified atom stereocenters. The Morgan fingerprint density at radius 2 is 1.38 bits per heavy atom. The van der Waals surface area contributed by atoms with Gasteiger partial charge in [0.25, 0.3) is 0 Å². The minimum Gasteiger partial charge on any atom is -0.356 e. The summed E-state index contributed by atoms with van der Waals surface area (Å²) in [6.45, 7) is 0. The average molecular weight is 530 g/mol. The van der Waals surface area contributed by atoms with Gasteiger partial charge >= 0.3 is 0 Å². The van der Waals surface area contributed by atoms with Gasteiger partial charge in [-0.3, -0.25) is 0 Å². The van der Waals surface area contributed by atoms with Crippen LogP contribution in [0.2, 0.25) is 0 Å². The van der Waals surface area contributed by atoms with Crippen LogP contribution in [0, 0.1) is 5.92 Å². The summed E-state index contributed by atoms with van der Waals surface area (Å²) in [6.07, 6.45) is 13.6. The Balaban J connectivity index is 1.07. The molecule has 6 aromatic rings. The Kier molecular flexibility index (Phi) is 5.53. The number of fused-ring (bicyclic) bond motifs is 6. The van der Waals surface area contributed by atoms with Crippen molar-refractivity contribution in [2.24, 2.45) is 5.92 Å². The van der Waals surface area contributed by atoms with Gasteiger partial charge in [-0.1, -0.05) is 109 Å². The van der Waals surface area contributed by atoms with Gasteiger partial charge in [0, 0.05) is 43.4 Å². The summed E-state index contributed by atoms with van der Waals surface area (Å²) >= 11 is 1.88. The fourth-order valence-electron chi connectivity index (χ4n) is 6.18. The Morgan fingerprint density at radius 3 is 2.33 bits per heavy atom. The molecule has 2 aliphatic rings. The van der Waals surface area contributed by atoms with Crippen LogP contribution < -0.4 is 5.32 Å². The Labute approximate surface area is 238 Å². The van der Waals surface area contributed by atoms with Gasteiger partial charge in [0.2, 0.25) is 0 Å². The van der Waals surface area contributed by atoms with Crippen molar-refractivity contribution in [1.29, 1.82) is 0 Å². The minimum atomic E-state index is 0.420. The maximum Gasteiger partial charge on any atom is 0.0433 e. The number of thiophene rings is 1. The molecule has 0 fully saturated rings. The predicted octanol–water partition coefficient (Wildman–Crippen LogP) is 11.0. The van der Waals surface area contributed by atoms with E-state index in [4.69, 9.17) is 0 Å². The molecule has 2 aliphatic carbocycles. The normalized spacial score (nSPS) is 17.2. The first kappa shape index (κ1) is 23.2. The summed E-state index contributed by atoms with van der Waals surface area (Å²) in [4.78, 5) is 0. The van der Waals surface area contributed by atoms with E-state index >= 15 is 0 Å². The van der Waals surface area contributed by atoms with Crippen LogP contribution in [0.1, 0.15) is 17.0 Å². The molecule has 1 nitrogen and oxygen atoms in total. The SMILES string of the molecule is C1=CC2C=Cc3ccc(-c4cccc(Nc5ccc(-c6cccc7c6sc6ccccc67)cc5)c4)cc3C2C=C1. The molecule has 0 saturated heterocycles. The van der Waals surface area contributed by atoms with Crippen LogP contribution >= 0.6 is 11.3 Å². The zero-order valence-corrected chi connectivity index (χ0v) is 22.7. The standard InChI is InChI=1S/C38H27NS/c1-2-10-32-25(7-1)15-16-27-17-18-29(24-36(27)32)28-8-5-9-31(23-28)39-30-21-19-26(20-22-30)33-12-6-13-35-34-11-3-4-14-37(34)40-38(33)35/h1-25,32,39H. The molecule has 0 radical (unpaired) electrons. The van der Waals surface area contributed by atoms with Gasteiger partial charge in [-0.25, -0.2) is 0 Å². The third-order valence-electron chi connectivity index (χ3n) is 8.21. The Hall–Kier alpha value is -4.66. The van der Waals surface area contributed by atoms with Crippen LogP contribution in [0.5, 0.6) is 0 Å². The number of hydrogen-bond donors (Lipinski definition) is 1. The molecule has 1 heterocycles. The summed E-state index contributed by atoms with van der Waals surface area (Å²) < 4.78 is 2.69. The molecule has 8 rings (SSSR count). The Morgan fingerprint density at radius 1 is 0.575 bits per heavy atom. The molecule has 5 aromatic carbocycles. The van der Waals surface area contributed by atoms with Crippen molar-refractivity contribution >= 4 is 49.0 Å².